The van der Waals surface area contributed by atoms with E-state index >= 15 is 0 Å². The van der Waals surface area contributed by atoms with Gasteiger partial charge in [0.15, 0.2) is 6.29 Å². The molecule has 0 spiro atoms. The van der Waals surface area contributed by atoms with Gasteiger partial charge in [-0.05, 0) is 54.0 Å². The Labute approximate surface area is 334 Å². The highest BCUT2D eigenvalue weighted by Crippen LogP contribution is 2.33. The summed E-state index contributed by atoms with van der Waals surface area (Å²) in [7, 11) is -4.40. The first-order chi connectivity index (χ1) is 27.4. The van der Waals surface area contributed by atoms with E-state index in [4.69, 9.17) is 14.2 Å². The van der Waals surface area contributed by atoms with Crippen molar-refractivity contribution >= 4 is 21.8 Å². The topological polar surface area (TPSA) is 161 Å². The van der Waals surface area contributed by atoms with Crippen LogP contribution in [0.1, 0.15) is 43.4 Å². The normalized spacial score (nSPS) is 19.3. The van der Waals surface area contributed by atoms with Crippen LogP contribution < -0.4 is 5.32 Å². The molecule has 13 nitrogen and oxygen atoms in total. The number of alkyl carbamates (subject to hydrolysis) is 1. The summed E-state index contributed by atoms with van der Waals surface area (Å²) in [6, 6.07) is 33.5. The number of nitrogens with one attached hydrogen (secondary N) is 1. The summed E-state index contributed by atoms with van der Waals surface area (Å²) < 4.78 is 47.2. The number of carbonyl (C=O) groups is 1. The van der Waals surface area contributed by atoms with Gasteiger partial charge in [0.1, 0.15) is 6.10 Å². The van der Waals surface area contributed by atoms with Crippen molar-refractivity contribution < 1.29 is 37.5 Å². The predicted molar refractivity (Wildman–Crippen MR) is 214 cm³/mol. The third kappa shape index (κ3) is 11.7. The minimum Gasteiger partial charge on any atom is -0.443 e. The molecule has 0 aromatic heterocycles. The van der Waals surface area contributed by atoms with E-state index in [2.05, 4.69) is 34.5 Å². The zero-order valence-corrected chi connectivity index (χ0v) is 33.2. The number of nitro benzene ring substituents is 1. The number of sulfonamides is 1. The third-order valence-electron chi connectivity index (χ3n) is 10.6. The second kappa shape index (κ2) is 19.2. The standard InChI is InChI=1S/C43H52N4O9S/c1-43(2,22-23-45(27-33-15-8-4-9-16-33)28-34-17-10-5-11-18-34)31-46(57(52,53)36-20-12-19-35(26-36)47(50)51)29-39(48)38(25-32-13-6-3-7-14-32)44-42(49)56-40-30-55-41-37(40)21-24-54-41/h3-20,26,37-41,48H,21-25,27-31H2,1-2H3,(H,44,49)/t37-,38-,39+,40-,41+/m0/s1. The summed E-state index contributed by atoms with van der Waals surface area (Å²) in [5.41, 5.74) is 2.10. The van der Waals surface area contributed by atoms with Gasteiger partial charge < -0.3 is 24.6 Å². The molecule has 2 aliphatic rings. The van der Waals surface area contributed by atoms with Crippen LogP contribution in [0.5, 0.6) is 0 Å². The minimum atomic E-state index is -4.40. The fourth-order valence-corrected chi connectivity index (χ4v) is 9.11. The first kappa shape index (κ1) is 41.9. The highest BCUT2D eigenvalue weighted by Gasteiger charge is 2.44. The number of aliphatic hydroxyl groups excluding tert-OH is 1. The molecule has 14 heteroatoms. The maximum atomic E-state index is 14.5. The lowest BCUT2D eigenvalue weighted by Crippen LogP contribution is -2.52. The summed E-state index contributed by atoms with van der Waals surface area (Å²) >= 11 is 0. The van der Waals surface area contributed by atoms with Crippen LogP contribution in [0.15, 0.2) is 120 Å². The molecule has 57 heavy (non-hydrogen) atoms. The van der Waals surface area contributed by atoms with Gasteiger partial charge in [-0.3, -0.25) is 15.0 Å². The highest BCUT2D eigenvalue weighted by molar-refractivity contribution is 7.89. The minimum absolute atomic E-state index is 0.0232. The summed E-state index contributed by atoms with van der Waals surface area (Å²) in [4.78, 5) is 26.5. The van der Waals surface area contributed by atoms with Crippen LogP contribution in [0.2, 0.25) is 0 Å². The molecule has 0 saturated carbocycles. The van der Waals surface area contributed by atoms with Crippen molar-refractivity contribution in [3.05, 3.63) is 142 Å². The second-order valence-corrected chi connectivity index (χ2v) is 17.6. The van der Waals surface area contributed by atoms with E-state index in [1.807, 2.05) is 80.6 Å². The number of fused-ring (bicyclic) bond motifs is 1. The molecule has 0 unspecified atom stereocenters. The largest absolute Gasteiger partial charge is 0.443 e. The Bertz CT molecular complexity index is 1980. The Hall–Kier alpha value is -4.70. The highest BCUT2D eigenvalue weighted by atomic mass is 32.2. The Morgan fingerprint density at radius 3 is 2.16 bits per heavy atom. The van der Waals surface area contributed by atoms with E-state index in [1.165, 1.54) is 22.5 Å². The number of hydrogen-bond acceptors (Lipinski definition) is 10. The summed E-state index contributed by atoms with van der Waals surface area (Å²) in [6.45, 7) is 6.21. The Kier molecular flexibility index (Phi) is 14.1. The number of nitrogens with zero attached hydrogens (tertiary/aromatic N) is 3. The molecule has 2 fully saturated rings. The zero-order valence-electron chi connectivity index (χ0n) is 32.4. The molecular formula is C43H52N4O9S. The van der Waals surface area contributed by atoms with Crippen molar-refractivity contribution in [1.29, 1.82) is 0 Å². The molecule has 1 amide bonds. The average molecular weight is 801 g/mol. The van der Waals surface area contributed by atoms with Gasteiger partial charge in [0.05, 0.1) is 41.1 Å². The molecule has 2 heterocycles. The molecule has 4 aromatic carbocycles. The Balaban J connectivity index is 1.24. The molecule has 0 bridgehead atoms. The van der Waals surface area contributed by atoms with Gasteiger partial charge in [-0.2, -0.15) is 4.31 Å². The van der Waals surface area contributed by atoms with Gasteiger partial charge in [-0.15, -0.1) is 0 Å². The molecule has 0 radical (unpaired) electrons. The SMILES string of the molecule is CC(C)(CCN(Cc1ccccc1)Cc1ccccc1)CN(C[C@@H](O)[C@H](Cc1ccccc1)NC(=O)O[C@H]1CO[C@H]2OCC[C@H]21)S(=O)(=O)c1cccc([N+](=O)[O-])c1. The Morgan fingerprint density at radius 1 is 0.930 bits per heavy atom. The van der Waals surface area contributed by atoms with Crippen LogP contribution in [-0.4, -0.2) is 91.1 Å². The molecule has 5 atom stereocenters. The van der Waals surface area contributed by atoms with Gasteiger partial charge >= 0.3 is 6.09 Å². The van der Waals surface area contributed by atoms with E-state index in [9.17, 15) is 28.4 Å². The van der Waals surface area contributed by atoms with E-state index in [0.29, 0.717) is 39.1 Å². The molecule has 2 saturated heterocycles. The zero-order chi connectivity index (χ0) is 40.4. The fourth-order valence-electron chi connectivity index (χ4n) is 7.43. The van der Waals surface area contributed by atoms with Gasteiger partial charge in [0.2, 0.25) is 10.0 Å². The first-order valence-electron chi connectivity index (χ1n) is 19.3. The van der Waals surface area contributed by atoms with Gasteiger partial charge in [-0.1, -0.05) is 111 Å². The lowest BCUT2D eigenvalue weighted by Gasteiger charge is -2.36. The average Bonchev–Trinajstić information content (AvgIpc) is 3.83. The number of non-ortho nitro benzene ring substituents is 1. The monoisotopic (exact) mass is 800 g/mol. The molecule has 6 rings (SSSR count). The first-order valence-corrected chi connectivity index (χ1v) is 20.8. The van der Waals surface area contributed by atoms with Gasteiger partial charge in [0.25, 0.3) is 5.69 Å². The molecule has 4 aromatic rings. The third-order valence-corrected chi connectivity index (χ3v) is 12.4. The van der Waals surface area contributed by atoms with Crippen molar-refractivity contribution in [3.8, 4) is 0 Å². The molecule has 2 aliphatic heterocycles. The lowest BCUT2D eigenvalue weighted by atomic mass is 9.88. The van der Waals surface area contributed by atoms with Crippen LogP contribution in [0, 0.1) is 21.4 Å². The molecular weight excluding hydrogens is 749 g/mol. The molecule has 0 aliphatic carbocycles. The maximum Gasteiger partial charge on any atom is 0.407 e. The van der Waals surface area contributed by atoms with Crippen LogP contribution in [0.25, 0.3) is 0 Å². The van der Waals surface area contributed by atoms with Gasteiger partial charge in [0, 0.05) is 38.3 Å². The van der Waals surface area contributed by atoms with Crippen LogP contribution in [0.4, 0.5) is 10.5 Å². The van der Waals surface area contributed by atoms with Crippen molar-refractivity contribution in [3.63, 3.8) is 0 Å². The van der Waals surface area contributed by atoms with Crippen molar-refractivity contribution in [2.24, 2.45) is 11.3 Å². The van der Waals surface area contributed by atoms with E-state index in [-0.39, 0.29) is 36.1 Å². The van der Waals surface area contributed by atoms with Crippen molar-refractivity contribution in [1.82, 2.24) is 14.5 Å². The number of nitro groups is 1. The predicted octanol–water partition coefficient (Wildman–Crippen LogP) is 6.16. The lowest BCUT2D eigenvalue weighted by molar-refractivity contribution is -0.385. The van der Waals surface area contributed by atoms with Crippen LogP contribution >= 0.6 is 0 Å². The van der Waals surface area contributed by atoms with Crippen molar-refractivity contribution in [2.45, 2.75) is 75.6 Å². The molecule has 304 valence electrons. The van der Waals surface area contributed by atoms with E-state index < -0.39 is 57.5 Å². The fraction of sp³-hybridized carbons (Fsp3) is 0.419. The van der Waals surface area contributed by atoms with Gasteiger partial charge in [-0.25, -0.2) is 13.2 Å². The number of amides is 1. The summed E-state index contributed by atoms with van der Waals surface area (Å²) in [6.07, 6.45) is -1.67. The quantitative estimate of drug-likeness (QED) is 0.0830. The number of aliphatic hydroxyl groups is 1. The number of carbonyl (C=O) groups excluding carboxylic acids is 1. The number of hydrogen-bond donors (Lipinski definition) is 2. The second-order valence-electron chi connectivity index (χ2n) is 15.6. The number of rotatable bonds is 19. The number of benzene rings is 4. The van der Waals surface area contributed by atoms with Crippen molar-refractivity contribution in [2.75, 3.05) is 32.8 Å². The van der Waals surface area contributed by atoms with E-state index in [1.54, 1.807) is 0 Å². The molecule has 2 N–H and O–H groups in total. The number of ether oxygens (including phenoxy) is 3. The maximum absolute atomic E-state index is 14.5. The smallest absolute Gasteiger partial charge is 0.407 e. The van der Waals surface area contributed by atoms with Crippen LogP contribution in [0.3, 0.4) is 0 Å². The Morgan fingerprint density at radius 2 is 1.54 bits per heavy atom. The van der Waals surface area contributed by atoms with Crippen LogP contribution in [-0.2, 0) is 43.7 Å². The summed E-state index contributed by atoms with van der Waals surface area (Å²) in [5, 5.41) is 26.5. The van der Waals surface area contributed by atoms with E-state index in [0.717, 1.165) is 22.8 Å². The summed E-state index contributed by atoms with van der Waals surface area (Å²) in [5.74, 6) is -0.0950.